The third-order valence-corrected chi connectivity index (χ3v) is 7.53. The van der Waals surface area contributed by atoms with Crippen LogP contribution in [0, 0.1) is 11.8 Å². The Hall–Kier alpha value is -3.60. The molecule has 1 aromatic carbocycles. The van der Waals surface area contributed by atoms with Gasteiger partial charge in [0.1, 0.15) is 5.82 Å². The van der Waals surface area contributed by atoms with Crippen LogP contribution in [0.25, 0.3) is 5.82 Å². The summed E-state index contributed by atoms with van der Waals surface area (Å²) in [5, 5.41) is 4.37. The van der Waals surface area contributed by atoms with Crippen molar-refractivity contribution >= 4 is 27.4 Å². The van der Waals surface area contributed by atoms with Gasteiger partial charge in [0.25, 0.3) is 15.9 Å². The SMILES string of the molecule is CC(C)COc1cnn(-c2ccc(C(=O)NS(=O)(=O)c3cccc(N)c3)c(N3C[C@@H](C)CC3(C)C)n2)c1.[HH].[HH]. The van der Waals surface area contributed by atoms with Crippen molar-refractivity contribution in [2.24, 2.45) is 11.8 Å². The predicted molar refractivity (Wildman–Crippen MR) is 147 cm³/mol. The van der Waals surface area contributed by atoms with Crippen LogP contribution in [-0.4, -0.2) is 47.8 Å². The van der Waals surface area contributed by atoms with E-state index < -0.39 is 15.9 Å². The molecule has 37 heavy (non-hydrogen) atoms. The van der Waals surface area contributed by atoms with E-state index in [-0.39, 0.29) is 24.5 Å². The standard InChI is InChI=1S/C26H34N6O4S.2H2/c1-17(2)16-36-20-13-28-32(15-20)23-10-9-22(24(29-23)31-14-18(3)12-26(31,4)5)25(33)30-37(34,35)21-8-6-7-19(27)11-21;;/h6-11,13,15,17-18H,12,14,16,27H2,1-5H3,(H,30,33);2*1H/t18-;;/m0../s1. The maximum absolute atomic E-state index is 13.4. The van der Waals surface area contributed by atoms with Crippen molar-refractivity contribution in [3.63, 3.8) is 0 Å². The summed E-state index contributed by atoms with van der Waals surface area (Å²) in [5.74, 6) is 1.46. The van der Waals surface area contributed by atoms with Crippen LogP contribution in [-0.2, 0) is 10.0 Å². The maximum Gasteiger partial charge on any atom is 0.268 e. The zero-order valence-electron chi connectivity index (χ0n) is 21.8. The molecule has 1 aliphatic rings. The fraction of sp³-hybridized carbons (Fsp3) is 0.423. The first-order valence-electron chi connectivity index (χ1n) is 12.2. The van der Waals surface area contributed by atoms with Gasteiger partial charge >= 0.3 is 0 Å². The first kappa shape index (κ1) is 26.5. The molecule has 202 valence electrons. The second kappa shape index (κ2) is 10.0. The van der Waals surface area contributed by atoms with Gasteiger partial charge in [0.05, 0.1) is 29.5 Å². The lowest BCUT2D eigenvalue weighted by Crippen LogP contribution is -2.41. The molecule has 4 rings (SSSR count). The molecule has 0 unspecified atom stereocenters. The van der Waals surface area contributed by atoms with E-state index in [9.17, 15) is 13.2 Å². The zero-order valence-corrected chi connectivity index (χ0v) is 22.6. The summed E-state index contributed by atoms with van der Waals surface area (Å²) >= 11 is 0. The predicted octanol–water partition coefficient (Wildman–Crippen LogP) is 4.12. The molecule has 0 bridgehead atoms. The molecule has 0 aliphatic carbocycles. The number of hydrogen-bond donors (Lipinski definition) is 2. The van der Waals surface area contributed by atoms with Gasteiger partial charge in [-0.1, -0.05) is 26.8 Å². The minimum Gasteiger partial charge on any atom is -0.490 e. The Bertz CT molecular complexity index is 1410. The molecule has 1 atom stereocenters. The lowest BCUT2D eigenvalue weighted by atomic mass is 9.97. The van der Waals surface area contributed by atoms with E-state index in [1.165, 1.54) is 18.2 Å². The van der Waals surface area contributed by atoms with Gasteiger partial charge in [-0.05, 0) is 62.4 Å². The van der Waals surface area contributed by atoms with Crippen molar-refractivity contribution in [2.75, 3.05) is 23.8 Å². The third-order valence-electron chi connectivity index (χ3n) is 6.21. The minimum absolute atomic E-state index is 0. The quantitative estimate of drug-likeness (QED) is 0.416. The van der Waals surface area contributed by atoms with E-state index in [2.05, 4.69) is 49.3 Å². The summed E-state index contributed by atoms with van der Waals surface area (Å²) in [4.78, 5) is 20.1. The van der Waals surface area contributed by atoms with Gasteiger partial charge in [-0.3, -0.25) is 4.79 Å². The lowest BCUT2D eigenvalue weighted by Gasteiger charge is -2.34. The fourth-order valence-corrected chi connectivity index (χ4v) is 5.62. The van der Waals surface area contributed by atoms with Crippen molar-refractivity contribution in [3.8, 4) is 11.6 Å². The second-order valence-corrected chi connectivity index (χ2v) is 12.3. The van der Waals surface area contributed by atoms with Gasteiger partial charge in [-0.25, -0.2) is 22.8 Å². The Morgan fingerprint density at radius 3 is 2.70 bits per heavy atom. The van der Waals surface area contributed by atoms with Crippen LogP contribution < -0.4 is 20.1 Å². The van der Waals surface area contributed by atoms with Crippen LogP contribution in [0.3, 0.4) is 0 Å². The number of nitrogen functional groups attached to an aromatic ring is 1. The number of carbonyl (C=O) groups excluding carboxylic acids is 1. The normalized spacial score (nSPS) is 17.2. The van der Waals surface area contributed by atoms with Crippen LogP contribution in [0.4, 0.5) is 11.5 Å². The first-order chi connectivity index (χ1) is 17.4. The highest BCUT2D eigenvalue weighted by Gasteiger charge is 2.39. The molecule has 0 radical (unpaired) electrons. The van der Waals surface area contributed by atoms with Crippen LogP contribution in [0.5, 0.6) is 5.75 Å². The number of nitrogens with one attached hydrogen (secondary N) is 1. The Labute approximate surface area is 220 Å². The molecule has 1 amide bonds. The fourth-order valence-electron chi connectivity index (χ4n) is 4.60. The Balaban J connectivity index is 0.00000267. The van der Waals surface area contributed by atoms with Crippen LogP contribution >= 0.6 is 0 Å². The van der Waals surface area contributed by atoms with E-state index in [4.69, 9.17) is 15.5 Å². The van der Waals surface area contributed by atoms with E-state index in [0.29, 0.717) is 42.4 Å². The number of carbonyl (C=O) groups is 1. The van der Waals surface area contributed by atoms with Crippen molar-refractivity contribution in [1.29, 1.82) is 0 Å². The van der Waals surface area contributed by atoms with Gasteiger partial charge in [-0.2, -0.15) is 5.10 Å². The van der Waals surface area contributed by atoms with Crippen LogP contribution in [0.15, 0.2) is 53.7 Å². The molecule has 3 aromatic rings. The number of benzene rings is 1. The van der Waals surface area contributed by atoms with E-state index in [1.807, 2.05) is 0 Å². The summed E-state index contributed by atoms with van der Waals surface area (Å²) < 4.78 is 35.4. The molecule has 3 N–H and O–H groups in total. The van der Waals surface area contributed by atoms with Crippen molar-refractivity contribution < 1.29 is 20.8 Å². The van der Waals surface area contributed by atoms with Crippen molar-refractivity contribution in [1.82, 2.24) is 19.5 Å². The van der Waals surface area contributed by atoms with E-state index in [0.717, 1.165) is 6.42 Å². The maximum atomic E-state index is 13.4. The van der Waals surface area contributed by atoms with Crippen molar-refractivity contribution in [2.45, 2.75) is 51.5 Å². The molecule has 1 aliphatic heterocycles. The number of anilines is 2. The monoisotopic (exact) mass is 530 g/mol. The summed E-state index contributed by atoms with van der Waals surface area (Å²) in [5.41, 5.74) is 5.89. The molecule has 2 aromatic heterocycles. The van der Waals surface area contributed by atoms with Crippen LogP contribution in [0.2, 0.25) is 0 Å². The molecule has 0 spiro atoms. The second-order valence-electron chi connectivity index (χ2n) is 10.6. The molecule has 0 saturated carbocycles. The van der Waals surface area contributed by atoms with Crippen molar-refractivity contribution in [3.05, 3.63) is 54.4 Å². The highest BCUT2D eigenvalue weighted by atomic mass is 32.2. The summed E-state index contributed by atoms with van der Waals surface area (Å²) in [6.07, 6.45) is 4.25. The van der Waals surface area contributed by atoms with E-state index in [1.54, 1.807) is 35.3 Å². The van der Waals surface area contributed by atoms with Gasteiger partial charge in [-0.15, -0.1) is 0 Å². The average Bonchev–Trinajstić information content (AvgIpc) is 3.40. The first-order valence-corrected chi connectivity index (χ1v) is 13.7. The molecular weight excluding hydrogens is 492 g/mol. The lowest BCUT2D eigenvalue weighted by molar-refractivity contribution is 0.0981. The molecule has 10 nitrogen and oxygen atoms in total. The molecule has 1 fully saturated rings. The average molecular weight is 531 g/mol. The topological polar surface area (TPSA) is 132 Å². The van der Waals surface area contributed by atoms with Gasteiger partial charge in [0.2, 0.25) is 0 Å². The number of amides is 1. The number of hydrogen-bond acceptors (Lipinski definition) is 8. The number of pyridine rings is 1. The zero-order chi connectivity index (χ0) is 27.0. The smallest absolute Gasteiger partial charge is 0.268 e. The molecular formula is C26H38N6O4S. The highest BCUT2D eigenvalue weighted by molar-refractivity contribution is 7.90. The van der Waals surface area contributed by atoms with Crippen LogP contribution in [0.1, 0.15) is 54.3 Å². The Kier molecular flexibility index (Phi) is 7.18. The number of ether oxygens (including phenoxy) is 1. The molecule has 1 saturated heterocycles. The van der Waals surface area contributed by atoms with Gasteiger partial charge in [0, 0.05) is 20.6 Å². The summed E-state index contributed by atoms with van der Waals surface area (Å²) in [7, 11) is -4.14. The number of nitrogens with zero attached hydrogens (tertiary/aromatic N) is 4. The van der Waals surface area contributed by atoms with E-state index >= 15 is 0 Å². The van der Waals surface area contributed by atoms with Gasteiger partial charge < -0.3 is 15.4 Å². The summed E-state index contributed by atoms with van der Waals surface area (Å²) in [6.45, 7) is 11.7. The number of nitrogens with two attached hydrogens (primary N) is 1. The Morgan fingerprint density at radius 2 is 2.05 bits per heavy atom. The number of aromatic nitrogens is 3. The third kappa shape index (κ3) is 5.87. The summed E-state index contributed by atoms with van der Waals surface area (Å²) in [6, 6.07) is 9.00. The largest absolute Gasteiger partial charge is 0.490 e. The minimum atomic E-state index is -4.14. The Morgan fingerprint density at radius 1 is 1.30 bits per heavy atom. The number of sulfonamides is 1. The highest BCUT2D eigenvalue weighted by Crippen LogP contribution is 2.37. The molecule has 11 heteroatoms. The number of rotatable bonds is 8. The van der Waals surface area contributed by atoms with Gasteiger partial charge in [0.15, 0.2) is 11.6 Å². The molecule has 3 heterocycles.